The second-order valence-electron chi connectivity index (χ2n) is 4.74. The van der Waals surface area contributed by atoms with Crippen molar-refractivity contribution in [2.24, 2.45) is 0 Å². The molecule has 1 saturated heterocycles. The number of hydrogen-bond acceptors (Lipinski definition) is 4. The van der Waals surface area contributed by atoms with Gasteiger partial charge in [0.05, 0.1) is 10.6 Å². The smallest absolute Gasteiger partial charge is 0.260 e. The van der Waals surface area contributed by atoms with Gasteiger partial charge in [0.15, 0.2) is 12.9 Å². The number of halogens is 1. The number of nitrogens with zero attached hydrogens (tertiary/aromatic N) is 2. The van der Waals surface area contributed by atoms with Crippen LogP contribution in [0.4, 0.5) is 0 Å². The number of aldehydes is 1. The summed E-state index contributed by atoms with van der Waals surface area (Å²) in [5.41, 5.74) is 0.278. The highest BCUT2D eigenvalue weighted by Gasteiger charge is 2.19. The van der Waals surface area contributed by atoms with Crippen LogP contribution in [0.15, 0.2) is 18.2 Å². The molecule has 1 heterocycles. The normalized spacial score (nSPS) is 16.0. The first-order valence-corrected chi connectivity index (χ1v) is 6.82. The van der Waals surface area contributed by atoms with Crippen molar-refractivity contribution in [3.8, 4) is 5.75 Å². The van der Waals surface area contributed by atoms with Crippen LogP contribution in [-0.4, -0.2) is 61.8 Å². The van der Waals surface area contributed by atoms with Crippen LogP contribution in [0.5, 0.6) is 5.75 Å². The summed E-state index contributed by atoms with van der Waals surface area (Å²) in [6.07, 6.45) is 0.637. The maximum Gasteiger partial charge on any atom is 0.260 e. The minimum atomic E-state index is -0.0785. The number of carbonyl (C=O) groups excluding carboxylic acids is 2. The van der Waals surface area contributed by atoms with E-state index in [0.717, 1.165) is 13.1 Å². The van der Waals surface area contributed by atoms with E-state index in [2.05, 4.69) is 4.90 Å². The van der Waals surface area contributed by atoms with E-state index in [1.165, 1.54) is 0 Å². The largest absolute Gasteiger partial charge is 0.483 e. The summed E-state index contributed by atoms with van der Waals surface area (Å²) < 4.78 is 5.43. The van der Waals surface area contributed by atoms with Gasteiger partial charge < -0.3 is 14.5 Å². The third-order valence-corrected chi connectivity index (χ3v) is 3.67. The van der Waals surface area contributed by atoms with E-state index < -0.39 is 0 Å². The van der Waals surface area contributed by atoms with Crippen LogP contribution in [0.1, 0.15) is 10.4 Å². The number of piperazine rings is 1. The molecule has 0 bridgehead atoms. The lowest BCUT2D eigenvalue weighted by Gasteiger charge is -2.32. The van der Waals surface area contributed by atoms with Gasteiger partial charge in [0.1, 0.15) is 5.75 Å². The van der Waals surface area contributed by atoms with E-state index >= 15 is 0 Å². The van der Waals surface area contributed by atoms with Crippen molar-refractivity contribution in [3.05, 3.63) is 28.8 Å². The van der Waals surface area contributed by atoms with Crippen molar-refractivity contribution >= 4 is 23.8 Å². The van der Waals surface area contributed by atoms with Crippen molar-refractivity contribution in [1.82, 2.24) is 9.80 Å². The lowest BCUT2D eigenvalue weighted by molar-refractivity contribution is -0.134. The van der Waals surface area contributed by atoms with Gasteiger partial charge in [-0.3, -0.25) is 9.59 Å². The van der Waals surface area contributed by atoms with Crippen LogP contribution in [0.25, 0.3) is 0 Å². The molecule has 0 aromatic heterocycles. The highest BCUT2D eigenvalue weighted by atomic mass is 35.5. The van der Waals surface area contributed by atoms with E-state index in [9.17, 15) is 9.59 Å². The maximum absolute atomic E-state index is 12.0. The van der Waals surface area contributed by atoms with Crippen LogP contribution >= 0.6 is 11.6 Å². The monoisotopic (exact) mass is 296 g/mol. The second-order valence-corrected chi connectivity index (χ2v) is 5.15. The topological polar surface area (TPSA) is 49.9 Å². The molecular formula is C14H17ClN2O3. The molecule has 2 rings (SSSR count). The van der Waals surface area contributed by atoms with Gasteiger partial charge in [0.25, 0.3) is 5.91 Å². The average molecular weight is 297 g/mol. The Morgan fingerprint density at radius 1 is 1.35 bits per heavy atom. The van der Waals surface area contributed by atoms with E-state index in [1.807, 2.05) is 7.05 Å². The summed E-state index contributed by atoms with van der Waals surface area (Å²) in [7, 11) is 2.03. The number of amides is 1. The molecule has 0 atom stereocenters. The van der Waals surface area contributed by atoms with Gasteiger partial charge in [-0.2, -0.15) is 0 Å². The van der Waals surface area contributed by atoms with Gasteiger partial charge in [-0.15, -0.1) is 0 Å². The fraction of sp³-hybridized carbons (Fsp3) is 0.429. The zero-order valence-corrected chi connectivity index (χ0v) is 12.1. The third-order valence-electron chi connectivity index (χ3n) is 3.34. The zero-order chi connectivity index (χ0) is 14.5. The molecule has 6 heteroatoms. The lowest BCUT2D eigenvalue weighted by atomic mass is 10.2. The summed E-state index contributed by atoms with van der Waals surface area (Å²) >= 11 is 5.90. The van der Waals surface area contributed by atoms with Crippen LogP contribution < -0.4 is 4.74 Å². The molecule has 0 radical (unpaired) electrons. The average Bonchev–Trinajstić information content (AvgIpc) is 2.45. The predicted molar refractivity (Wildman–Crippen MR) is 76.4 cm³/mol. The summed E-state index contributed by atoms with van der Waals surface area (Å²) in [6, 6.07) is 4.93. The molecule has 0 aliphatic carbocycles. The number of ether oxygens (including phenoxy) is 1. The molecule has 1 fully saturated rings. The predicted octanol–water partition coefficient (Wildman–Crippen LogP) is 1.31. The fourth-order valence-electron chi connectivity index (χ4n) is 2.04. The molecule has 0 saturated carbocycles. The molecule has 1 aromatic carbocycles. The Morgan fingerprint density at radius 3 is 2.70 bits per heavy atom. The highest BCUT2D eigenvalue weighted by Crippen LogP contribution is 2.24. The second kappa shape index (κ2) is 6.72. The Morgan fingerprint density at radius 2 is 2.05 bits per heavy atom. The lowest BCUT2D eigenvalue weighted by Crippen LogP contribution is -2.48. The Bertz CT molecular complexity index is 499. The number of benzene rings is 1. The molecule has 108 valence electrons. The molecule has 0 N–H and O–H groups in total. The molecule has 1 amide bonds. The number of rotatable bonds is 4. The van der Waals surface area contributed by atoms with Crippen molar-refractivity contribution < 1.29 is 14.3 Å². The van der Waals surface area contributed by atoms with E-state index in [1.54, 1.807) is 23.1 Å². The SMILES string of the molecule is CN1CCN(C(=O)COc2cccc(Cl)c2C=O)CC1. The van der Waals surface area contributed by atoms with E-state index in [4.69, 9.17) is 16.3 Å². The molecule has 20 heavy (non-hydrogen) atoms. The standard InChI is InChI=1S/C14H17ClN2O3/c1-16-5-7-17(8-6-16)14(19)10-20-13-4-2-3-12(15)11(13)9-18/h2-4,9H,5-8,10H2,1H3. The molecule has 1 aliphatic heterocycles. The van der Waals surface area contributed by atoms with Gasteiger partial charge in [-0.05, 0) is 19.2 Å². The number of carbonyl (C=O) groups is 2. The Labute approximate surface area is 123 Å². The third kappa shape index (κ3) is 3.49. The van der Waals surface area contributed by atoms with Gasteiger partial charge in [0.2, 0.25) is 0 Å². The molecule has 0 spiro atoms. The quantitative estimate of drug-likeness (QED) is 0.786. The van der Waals surface area contributed by atoms with Crippen LogP contribution in [0.3, 0.4) is 0 Å². The highest BCUT2D eigenvalue weighted by molar-refractivity contribution is 6.33. The van der Waals surface area contributed by atoms with Crippen molar-refractivity contribution in [1.29, 1.82) is 0 Å². The zero-order valence-electron chi connectivity index (χ0n) is 11.3. The first-order chi connectivity index (χ1) is 9.61. The van der Waals surface area contributed by atoms with Gasteiger partial charge in [-0.25, -0.2) is 0 Å². The summed E-state index contributed by atoms with van der Waals surface area (Å²) in [5.74, 6) is 0.268. The van der Waals surface area contributed by atoms with Crippen LogP contribution in [0.2, 0.25) is 5.02 Å². The Balaban J connectivity index is 1.93. The number of likely N-dealkylation sites (N-methyl/N-ethyl adjacent to an activating group) is 1. The summed E-state index contributed by atoms with van der Waals surface area (Å²) in [4.78, 5) is 26.9. The minimum absolute atomic E-state index is 0.0741. The van der Waals surface area contributed by atoms with Gasteiger partial charge in [0, 0.05) is 26.2 Å². The summed E-state index contributed by atoms with van der Waals surface area (Å²) in [5, 5.41) is 0.324. The molecule has 0 unspecified atom stereocenters. The molecular weight excluding hydrogens is 280 g/mol. The van der Waals surface area contributed by atoms with Crippen LogP contribution in [-0.2, 0) is 4.79 Å². The first kappa shape index (κ1) is 14.8. The van der Waals surface area contributed by atoms with E-state index in [0.29, 0.717) is 30.1 Å². The number of hydrogen-bond donors (Lipinski definition) is 0. The van der Waals surface area contributed by atoms with Gasteiger partial charge >= 0.3 is 0 Å². The molecule has 1 aliphatic rings. The maximum atomic E-state index is 12.0. The van der Waals surface area contributed by atoms with Gasteiger partial charge in [-0.1, -0.05) is 17.7 Å². The first-order valence-electron chi connectivity index (χ1n) is 6.44. The molecule has 5 nitrogen and oxygen atoms in total. The summed E-state index contributed by atoms with van der Waals surface area (Å²) in [6.45, 7) is 3.05. The van der Waals surface area contributed by atoms with Crippen molar-refractivity contribution in [2.75, 3.05) is 39.8 Å². The van der Waals surface area contributed by atoms with E-state index in [-0.39, 0.29) is 18.1 Å². The Kier molecular flexibility index (Phi) is 4.98. The molecule has 1 aromatic rings. The fourth-order valence-corrected chi connectivity index (χ4v) is 2.25. The van der Waals surface area contributed by atoms with Crippen molar-refractivity contribution in [2.45, 2.75) is 0 Å². The minimum Gasteiger partial charge on any atom is -0.483 e. The Hall–Kier alpha value is -1.59. The van der Waals surface area contributed by atoms with Crippen molar-refractivity contribution in [3.63, 3.8) is 0 Å². The van der Waals surface area contributed by atoms with Crippen LogP contribution in [0, 0.1) is 0 Å².